The number of anilines is 1. The first-order chi connectivity index (χ1) is 8.86. The molecule has 0 aliphatic heterocycles. The van der Waals surface area contributed by atoms with Gasteiger partial charge in [-0.25, -0.2) is 13.4 Å². The van der Waals surface area contributed by atoms with Gasteiger partial charge in [0.2, 0.25) is 20.9 Å². The van der Waals surface area contributed by atoms with Crippen molar-refractivity contribution in [2.24, 2.45) is 5.73 Å². The Hall–Kier alpha value is -2.09. The van der Waals surface area contributed by atoms with Gasteiger partial charge in [0.15, 0.2) is 0 Å². The van der Waals surface area contributed by atoms with E-state index in [9.17, 15) is 13.2 Å². The first-order valence-corrected chi connectivity index (χ1v) is 7.19. The van der Waals surface area contributed by atoms with Crippen LogP contribution in [0.2, 0.25) is 0 Å². The van der Waals surface area contributed by atoms with Gasteiger partial charge in [-0.05, 0) is 24.6 Å². The number of primary amides is 1. The molecular weight excluding hydrogens is 268 g/mol. The number of fused-ring (bicyclic) bond motifs is 1. The van der Waals surface area contributed by atoms with E-state index in [0.717, 1.165) is 0 Å². The summed E-state index contributed by atoms with van der Waals surface area (Å²) in [5, 5.41) is -1.55. The van der Waals surface area contributed by atoms with Crippen molar-refractivity contribution in [1.82, 2.24) is 9.97 Å². The molecule has 7 nitrogen and oxygen atoms in total. The minimum Gasteiger partial charge on any atom is -0.399 e. The molecule has 0 aliphatic rings. The van der Waals surface area contributed by atoms with Gasteiger partial charge in [0.05, 0.1) is 11.0 Å². The Balaban J connectivity index is 2.57. The number of H-pyrrole nitrogens is 1. The highest BCUT2D eigenvalue weighted by Gasteiger charge is 2.33. The largest absolute Gasteiger partial charge is 0.399 e. The van der Waals surface area contributed by atoms with Crippen LogP contribution in [0.25, 0.3) is 11.0 Å². The summed E-state index contributed by atoms with van der Waals surface area (Å²) in [5.41, 5.74) is 12.2. The van der Waals surface area contributed by atoms with Crippen molar-refractivity contribution in [2.45, 2.75) is 23.8 Å². The molecule has 1 unspecified atom stereocenters. The highest BCUT2D eigenvalue weighted by atomic mass is 32.2. The van der Waals surface area contributed by atoms with Gasteiger partial charge < -0.3 is 16.5 Å². The summed E-state index contributed by atoms with van der Waals surface area (Å²) < 4.78 is 24.5. The summed E-state index contributed by atoms with van der Waals surface area (Å²) in [6, 6.07) is 4.79. The Bertz CT molecular complexity index is 735. The number of nitrogens with two attached hydrogens (primary N) is 2. The normalized spacial score (nSPS) is 13.5. The zero-order valence-corrected chi connectivity index (χ0v) is 11.1. The van der Waals surface area contributed by atoms with E-state index < -0.39 is 21.0 Å². The Kier molecular flexibility index (Phi) is 3.19. The number of imidazole rings is 1. The van der Waals surface area contributed by atoms with E-state index in [0.29, 0.717) is 16.7 Å². The maximum atomic E-state index is 12.2. The molecule has 0 aliphatic carbocycles. The van der Waals surface area contributed by atoms with E-state index in [-0.39, 0.29) is 11.6 Å². The van der Waals surface area contributed by atoms with Crippen LogP contribution < -0.4 is 11.5 Å². The molecule has 102 valence electrons. The maximum Gasteiger partial charge on any atom is 0.236 e. The number of carbonyl (C=O) groups excluding carboxylic acids is 1. The third kappa shape index (κ3) is 2.26. The van der Waals surface area contributed by atoms with Crippen LogP contribution in [0, 0.1) is 0 Å². The smallest absolute Gasteiger partial charge is 0.236 e. The molecule has 0 radical (unpaired) electrons. The van der Waals surface area contributed by atoms with Gasteiger partial charge >= 0.3 is 0 Å². The average Bonchev–Trinajstić information content (AvgIpc) is 2.72. The van der Waals surface area contributed by atoms with Crippen LogP contribution in [0.1, 0.15) is 13.3 Å². The van der Waals surface area contributed by atoms with Crippen LogP contribution in [0.3, 0.4) is 0 Å². The minimum absolute atomic E-state index is 0.0941. The molecule has 1 aromatic carbocycles. The Morgan fingerprint density at radius 3 is 2.74 bits per heavy atom. The lowest BCUT2D eigenvalue weighted by atomic mass is 10.3. The number of amides is 1. The van der Waals surface area contributed by atoms with Crippen LogP contribution in [0.4, 0.5) is 5.69 Å². The standard InChI is InChI=1S/C11H14N4O3S/c1-2-9(10(13)16)19(17,18)11-14-7-4-3-6(12)5-8(7)15-11/h3-5,9H,2,12H2,1H3,(H2,13,16)(H,14,15). The third-order valence-corrected chi connectivity index (χ3v) is 4.86. The number of nitrogens with one attached hydrogen (secondary N) is 1. The highest BCUT2D eigenvalue weighted by Crippen LogP contribution is 2.21. The van der Waals surface area contributed by atoms with Gasteiger partial charge in [-0.1, -0.05) is 6.92 Å². The maximum absolute atomic E-state index is 12.2. The number of nitrogen functional groups attached to an aromatic ring is 1. The average molecular weight is 282 g/mol. The van der Waals surface area contributed by atoms with Crippen LogP contribution in [-0.2, 0) is 14.6 Å². The molecule has 8 heteroatoms. The Morgan fingerprint density at radius 2 is 2.16 bits per heavy atom. The van der Waals surface area contributed by atoms with Gasteiger partial charge in [0.1, 0.15) is 5.25 Å². The zero-order valence-electron chi connectivity index (χ0n) is 10.3. The number of rotatable bonds is 4. The molecule has 2 rings (SSSR count). The highest BCUT2D eigenvalue weighted by molar-refractivity contribution is 7.92. The lowest BCUT2D eigenvalue weighted by Gasteiger charge is -2.09. The first kappa shape index (κ1) is 13.3. The van der Waals surface area contributed by atoms with Crippen molar-refractivity contribution in [3.63, 3.8) is 0 Å². The second kappa shape index (κ2) is 4.54. The lowest BCUT2D eigenvalue weighted by molar-refractivity contribution is -0.117. The quantitative estimate of drug-likeness (QED) is 0.688. The predicted octanol–water partition coefficient (Wildman–Crippen LogP) is 0.183. The minimum atomic E-state index is -3.91. The zero-order chi connectivity index (χ0) is 14.2. The molecule has 1 atom stereocenters. The molecule has 0 spiro atoms. The third-order valence-electron chi connectivity index (χ3n) is 2.82. The van der Waals surface area contributed by atoms with Crippen LogP contribution in [-0.4, -0.2) is 29.5 Å². The summed E-state index contributed by atoms with van der Waals surface area (Å²) >= 11 is 0. The van der Waals surface area contributed by atoms with Crippen LogP contribution in [0.5, 0.6) is 0 Å². The number of hydrogen-bond donors (Lipinski definition) is 3. The number of carbonyl (C=O) groups is 1. The number of aromatic amines is 1. The van der Waals surface area contributed by atoms with Crippen molar-refractivity contribution in [1.29, 1.82) is 0 Å². The summed E-state index contributed by atoms with van der Waals surface area (Å²) in [5.74, 6) is -0.887. The molecule has 0 saturated carbocycles. The molecular formula is C11H14N4O3S. The summed E-state index contributed by atoms with van der Waals surface area (Å²) in [4.78, 5) is 17.8. The lowest BCUT2D eigenvalue weighted by Crippen LogP contribution is -2.35. The molecule has 5 N–H and O–H groups in total. The van der Waals surface area contributed by atoms with Crippen molar-refractivity contribution in [3.8, 4) is 0 Å². The van der Waals surface area contributed by atoms with Crippen LogP contribution in [0.15, 0.2) is 23.4 Å². The summed E-state index contributed by atoms with van der Waals surface area (Å²) in [6.45, 7) is 1.58. The van der Waals surface area contributed by atoms with E-state index in [1.807, 2.05) is 0 Å². The molecule has 0 fully saturated rings. The molecule has 1 heterocycles. The predicted molar refractivity (Wildman–Crippen MR) is 71.0 cm³/mol. The van der Waals surface area contributed by atoms with Gasteiger partial charge in [-0.15, -0.1) is 0 Å². The van der Waals surface area contributed by atoms with Gasteiger partial charge in [-0.3, -0.25) is 4.79 Å². The molecule has 19 heavy (non-hydrogen) atoms. The molecule has 2 aromatic rings. The molecule has 0 saturated heterocycles. The monoisotopic (exact) mass is 282 g/mol. The van der Waals surface area contributed by atoms with Gasteiger partial charge in [-0.2, -0.15) is 0 Å². The van der Waals surface area contributed by atoms with E-state index in [1.165, 1.54) is 0 Å². The summed E-state index contributed by atoms with van der Waals surface area (Å²) in [6.07, 6.45) is 0.0941. The molecule has 0 bridgehead atoms. The van der Waals surface area contributed by atoms with Crippen molar-refractivity contribution in [3.05, 3.63) is 18.2 Å². The second-order valence-corrected chi connectivity index (χ2v) is 6.21. The Morgan fingerprint density at radius 1 is 1.47 bits per heavy atom. The fourth-order valence-electron chi connectivity index (χ4n) is 1.85. The first-order valence-electron chi connectivity index (χ1n) is 5.64. The van der Waals surface area contributed by atoms with E-state index >= 15 is 0 Å². The van der Waals surface area contributed by atoms with Crippen molar-refractivity contribution >= 4 is 32.5 Å². The van der Waals surface area contributed by atoms with Gasteiger partial charge in [0, 0.05) is 5.69 Å². The summed E-state index contributed by atoms with van der Waals surface area (Å²) in [7, 11) is -3.91. The molecule has 1 aromatic heterocycles. The number of aromatic nitrogens is 2. The SMILES string of the molecule is CCC(C(N)=O)S(=O)(=O)c1nc2ccc(N)cc2[nH]1. The van der Waals surface area contributed by atoms with Crippen LogP contribution >= 0.6 is 0 Å². The van der Waals surface area contributed by atoms with E-state index in [4.69, 9.17) is 11.5 Å². The van der Waals surface area contributed by atoms with Crippen molar-refractivity contribution < 1.29 is 13.2 Å². The number of hydrogen-bond acceptors (Lipinski definition) is 5. The van der Waals surface area contributed by atoms with E-state index in [2.05, 4.69) is 9.97 Å². The number of benzene rings is 1. The second-order valence-electron chi connectivity index (χ2n) is 4.16. The number of nitrogens with zero attached hydrogens (tertiary/aromatic N) is 1. The van der Waals surface area contributed by atoms with Crippen molar-refractivity contribution in [2.75, 3.05) is 5.73 Å². The topological polar surface area (TPSA) is 132 Å². The molecule has 1 amide bonds. The van der Waals surface area contributed by atoms with E-state index in [1.54, 1.807) is 25.1 Å². The Labute approximate surface area is 109 Å². The fourth-order valence-corrected chi connectivity index (χ4v) is 3.34. The number of sulfone groups is 1. The van der Waals surface area contributed by atoms with Gasteiger partial charge in [0.25, 0.3) is 0 Å². The fraction of sp³-hybridized carbons (Fsp3) is 0.273.